The van der Waals surface area contributed by atoms with Crippen LogP contribution in [0.3, 0.4) is 0 Å². The summed E-state index contributed by atoms with van der Waals surface area (Å²) in [6, 6.07) is 9.50. The van der Waals surface area contributed by atoms with Crippen molar-refractivity contribution in [3.8, 4) is 0 Å². The van der Waals surface area contributed by atoms with Crippen LogP contribution in [0.25, 0.3) is 0 Å². The minimum Gasteiger partial charge on any atom is -0.212 e. The lowest BCUT2D eigenvalue weighted by molar-refractivity contribution is 0.272. The lowest BCUT2D eigenvalue weighted by Gasteiger charge is -2.33. The number of rotatable bonds is 8. The summed E-state index contributed by atoms with van der Waals surface area (Å²) in [7, 11) is -6.61. The van der Waals surface area contributed by atoms with E-state index in [9.17, 15) is 16.8 Å². The van der Waals surface area contributed by atoms with E-state index in [2.05, 4.69) is 0 Å². The van der Waals surface area contributed by atoms with Gasteiger partial charge in [-0.25, -0.2) is 16.8 Å². The third-order valence-electron chi connectivity index (χ3n) is 4.23. The highest BCUT2D eigenvalue weighted by Crippen LogP contribution is 2.14. The fraction of sp³-hybridized carbons (Fsp3) is 0.625. The van der Waals surface area contributed by atoms with E-state index in [0.29, 0.717) is 12.8 Å². The zero-order chi connectivity index (χ0) is 17.6. The van der Waals surface area contributed by atoms with Crippen molar-refractivity contribution in [3.05, 3.63) is 35.9 Å². The molecule has 1 aromatic carbocycles. The highest BCUT2D eigenvalue weighted by atomic mass is 32.2. The smallest absolute Gasteiger partial charge is 0.212 e. The first-order valence-corrected chi connectivity index (χ1v) is 11.6. The largest absolute Gasteiger partial charge is 0.214 e. The van der Waals surface area contributed by atoms with Crippen LogP contribution in [0.1, 0.15) is 25.3 Å². The van der Waals surface area contributed by atoms with Crippen molar-refractivity contribution >= 4 is 20.0 Å². The van der Waals surface area contributed by atoms with Gasteiger partial charge in [-0.2, -0.15) is 8.61 Å². The van der Waals surface area contributed by atoms with Gasteiger partial charge in [-0.05, 0) is 18.4 Å². The quantitative estimate of drug-likeness (QED) is 0.687. The van der Waals surface area contributed by atoms with Crippen LogP contribution in [0, 0.1) is 0 Å². The Kier molecular flexibility index (Phi) is 6.79. The van der Waals surface area contributed by atoms with Gasteiger partial charge in [-0.15, -0.1) is 0 Å². The van der Waals surface area contributed by atoms with Crippen LogP contribution in [0.2, 0.25) is 0 Å². The molecule has 1 aliphatic rings. The number of nitrogens with zero attached hydrogens (tertiary/aromatic N) is 2. The second kappa shape index (κ2) is 8.42. The molecule has 2 rings (SSSR count). The molecule has 24 heavy (non-hydrogen) atoms. The fourth-order valence-corrected chi connectivity index (χ4v) is 5.81. The maximum Gasteiger partial charge on any atom is 0.214 e. The summed E-state index contributed by atoms with van der Waals surface area (Å²) in [5.74, 6) is 0.198. The SMILES string of the molecule is CCCCS(=O)(=O)N1CCN(S(=O)(=O)CCc2ccccc2)CC1. The minimum absolute atomic E-state index is 0.0552. The second-order valence-electron chi connectivity index (χ2n) is 6.02. The van der Waals surface area contributed by atoms with Crippen LogP contribution in [0.4, 0.5) is 0 Å². The van der Waals surface area contributed by atoms with Gasteiger partial charge in [0, 0.05) is 26.2 Å². The summed E-state index contributed by atoms with van der Waals surface area (Å²) in [5, 5.41) is 0. The maximum atomic E-state index is 12.4. The van der Waals surface area contributed by atoms with Crippen molar-refractivity contribution in [2.45, 2.75) is 26.2 Å². The van der Waals surface area contributed by atoms with Crippen LogP contribution in [-0.4, -0.2) is 63.1 Å². The van der Waals surface area contributed by atoms with Crippen LogP contribution in [-0.2, 0) is 26.5 Å². The second-order valence-corrected chi connectivity index (χ2v) is 10.2. The molecule has 0 atom stereocenters. The Morgan fingerprint density at radius 3 is 1.83 bits per heavy atom. The Bertz CT molecular complexity index is 710. The Balaban J connectivity index is 1.88. The molecule has 1 heterocycles. The molecule has 6 nitrogen and oxygen atoms in total. The summed E-state index contributed by atoms with van der Waals surface area (Å²) in [4.78, 5) is 0. The molecule has 0 aromatic heterocycles. The monoisotopic (exact) mass is 374 g/mol. The number of hydrogen-bond donors (Lipinski definition) is 0. The zero-order valence-electron chi connectivity index (χ0n) is 14.1. The van der Waals surface area contributed by atoms with Gasteiger partial charge in [0.15, 0.2) is 0 Å². The first kappa shape index (κ1) is 19.4. The number of piperazine rings is 1. The number of sulfonamides is 2. The third-order valence-corrected chi connectivity index (χ3v) is 8.06. The molecule has 8 heteroatoms. The van der Waals surface area contributed by atoms with Crippen LogP contribution >= 0.6 is 0 Å². The highest BCUT2D eigenvalue weighted by Gasteiger charge is 2.31. The van der Waals surface area contributed by atoms with E-state index >= 15 is 0 Å². The van der Waals surface area contributed by atoms with Gasteiger partial charge in [0.25, 0.3) is 0 Å². The Morgan fingerprint density at radius 1 is 0.833 bits per heavy atom. The van der Waals surface area contributed by atoms with Gasteiger partial charge >= 0.3 is 0 Å². The van der Waals surface area contributed by atoms with E-state index in [0.717, 1.165) is 12.0 Å². The maximum absolute atomic E-state index is 12.4. The minimum atomic E-state index is -3.36. The molecule has 136 valence electrons. The van der Waals surface area contributed by atoms with E-state index in [-0.39, 0.29) is 37.7 Å². The lowest BCUT2D eigenvalue weighted by Crippen LogP contribution is -2.51. The van der Waals surface area contributed by atoms with Crippen molar-refractivity contribution in [3.63, 3.8) is 0 Å². The van der Waals surface area contributed by atoms with Gasteiger partial charge in [0.05, 0.1) is 11.5 Å². The van der Waals surface area contributed by atoms with Crippen molar-refractivity contribution < 1.29 is 16.8 Å². The predicted molar refractivity (Wildman–Crippen MR) is 95.8 cm³/mol. The fourth-order valence-electron chi connectivity index (χ4n) is 2.70. The first-order valence-electron chi connectivity index (χ1n) is 8.35. The number of unbranched alkanes of at least 4 members (excludes halogenated alkanes) is 1. The van der Waals surface area contributed by atoms with Gasteiger partial charge in [-0.1, -0.05) is 43.7 Å². The summed E-state index contributed by atoms with van der Waals surface area (Å²) < 4.78 is 52.1. The molecule has 0 bridgehead atoms. The normalized spacial score (nSPS) is 17.9. The summed E-state index contributed by atoms with van der Waals surface area (Å²) in [5.41, 5.74) is 0.988. The van der Waals surface area contributed by atoms with Gasteiger partial charge < -0.3 is 0 Å². The highest BCUT2D eigenvalue weighted by molar-refractivity contribution is 7.89. The van der Waals surface area contributed by atoms with Crippen LogP contribution in [0.5, 0.6) is 0 Å². The molecular formula is C16H26N2O4S2. The van der Waals surface area contributed by atoms with Gasteiger partial charge in [0.2, 0.25) is 20.0 Å². The van der Waals surface area contributed by atoms with Crippen LogP contribution in [0.15, 0.2) is 30.3 Å². The molecule has 0 aliphatic carbocycles. The topological polar surface area (TPSA) is 74.8 Å². The van der Waals surface area contributed by atoms with Crippen molar-refractivity contribution in [1.82, 2.24) is 8.61 Å². The molecule has 1 aliphatic heterocycles. The summed E-state index contributed by atoms with van der Waals surface area (Å²) in [6.07, 6.45) is 1.93. The Hall–Kier alpha value is -0.960. The molecule has 0 amide bonds. The van der Waals surface area contributed by atoms with Gasteiger partial charge in [0.1, 0.15) is 0 Å². The Labute approximate surface area is 145 Å². The zero-order valence-corrected chi connectivity index (χ0v) is 15.7. The predicted octanol–water partition coefficient (Wildman–Crippen LogP) is 1.31. The van der Waals surface area contributed by atoms with E-state index < -0.39 is 20.0 Å². The van der Waals surface area contributed by atoms with Crippen LogP contribution < -0.4 is 0 Å². The third kappa shape index (κ3) is 5.27. The van der Waals surface area contributed by atoms with E-state index in [1.807, 2.05) is 37.3 Å². The summed E-state index contributed by atoms with van der Waals surface area (Å²) >= 11 is 0. The molecular weight excluding hydrogens is 348 g/mol. The number of benzene rings is 1. The van der Waals surface area contributed by atoms with E-state index in [4.69, 9.17) is 0 Å². The molecule has 0 spiro atoms. The molecule has 0 unspecified atom stereocenters. The van der Waals surface area contributed by atoms with E-state index in [1.54, 1.807) is 0 Å². The molecule has 1 saturated heterocycles. The average molecular weight is 375 g/mol. The van der Waals surface area contributed by atoms with Crippen molar-refractivity contribution in [2.24, 2.45) is 0 Å². The molecule has 0 N–H and O–H groups in total. The van der Waals surface area contributed by atoms with Gasteiger partial charge in [-0.3, -0.25) is 0 Å². The standard InChI is InChI=1S/C16H26N2O4S2/c1-2-3-14-23(19,20)17-10-12-18(13-11-17)24(21,22)15-9-16-7-5-4-6-8-16/h4-8H,2-3,9-15H2,1H3. The first-order chi connectivity index (χ1) is 11.3. The van der Waals surface area contributed by atoms with Crippen molar-refractivity contribution in [1.29, 1.82) is 0 Å². The average Bonchev–Trinajstić information content (AvgIpc) is 2.59. The van der Waals surface area contributed by atoms with Crippen molar-refractivity contribution in [2.75, 3.05) is 37.7 Å². The molecule has 0 saturated carbocycles. The lowest BCUT2D eigenvalue weighted by atomic mass is 10.2. The molecule has 1 aromatic rings. The number of hydrogen-bond acceptors (Lipinski definition) is 4. The molecule has 0 radical (unpaired) electrons. The molecule has 1 fully saturated rings. The Morgan fingerprint density at radius 2 is 1.33 bits per heavy atom. The van der Waals surface area contributed by atoms with E-state index in [1.165, 1.54) is 8.61 Å². The summed E-state index contributed by atoms with van der Waals surface area (Å²) in [6.45, 7) is 2.92. The number of aryl methyl sites for hydroxylation is 1.